The van der Waals surface area contributed by atoms with E-state index in [0.29, 0.717) is 0 Å². The van der Waals surface area contributed by atoms with E-state index in [0.717, 1.165) is 0 Å². The van der Waals surface area contributed by atoms with Gasteiger partial charge in [0.25, 0.3) is 0 Å². The predicted molar refractivity (Wildman–Crippen MR) is 209 cm³/mol. The molecule has 0 unspecified atom stereocenters. The molecule has 0 radical (unpaired) electrons. The molecule has 48 heavy (non-hydrogen) atoms. The third-order valence-electron chi connectivity index (χ3n) is 10.2. The molecule has 9 aromatic rings. The lowest BCUT2D eigenvalue weighted by Gasteiger charge is -2.36. The molecule has 1 nitrogen and oxygen atoms in total. The van der Waals surface area contributed by atoms with Crippen molar-refractivity contribution in [3.8, 4) is 0 Å². The fourth-order valence-corrected chi connectivity index (χ4v) is 7.91. The van der Waals surface area contributed by atoms with E-state index in [1.807, 2.05) is 0 Å². The highest BCUT2D eigenvalue weighted by Gasteiger charge is 2.32. The van der Waals surface area contributed by atoms with E-state index in [-0.39, 0.29) is 6.85 Å². The number of anilines is 1. The SMILES string of the molecule is C1=CB(c2cccc3cc4ccccc4cc23)N(c2cccc3cc4ccccc4cc23)C(c2cccc3cc4ccccc4cc23)=C1. The van der Waals surface area contributed by atoms with E-state index in [9.17, 15) is 0 Å². The van der Waals surface area contributed by atoms with Gasteiger partial charge in [0.05, 0.1) is 0 Å². The molecular weight excluding hydrogens is 577 g/mol. The Morgan fingerprint density at radius 3 is 1.46 bits per heavy atom. The Bertz CT molecular complexity index is 2810. The fraction of sp³-hybridized carbons (Fsp3) is 0. The molecule has 0 bridgehead atoms. The van der Waals surface area contributed by atoms with Crippen molar-refractivity contribution in [2.24, 2.45) is 0 Å². The average Bonchev–Trinajstić information content (AvgIpc) is 3.14. The van der Waals surface area contributed by atoms with Crippen LogP contribution in [-0.2, 0) is 0 Å². The minimum absolute atomic E-state index is 0.0253. The second-order valence-corrected chi connectivity index (χ2v) is 12.9. The number of hydrogen-bond acceptors (Lipinski definition) is 1. The normalized spacial score (nSPS) is 13.4. The first-order valence-electron chi connectivity index (χ1n) is 16.7. The van der Waals surface area contributed by atoms with Crippen LogP contribution in [0.5, 0.6) is 0 Å². The maximum atomic E-state index is 2.59. The maximum absolute atomic E-state index is 2.59. The van der Waals surface area contributed by atoms with E-state index in [1.54, 1.807) is 0 Å². The van der Waals surface area contributed by atoms with Crippen LogP contribution < -0.4 is 10.3 Å². The van der Waals surface area contributed by atoms with Gasteiger partial charge in [-0.3, -0.25) is 0 Å². The Labute approximate surface area is 279 Å². The Hall–Kier alpha value is -6.12. The van der Waals surface area contributed by atoms with Gasteiger partial charge in [-0.25, -0.2) is 0 Å². The first kappa shape index (κ1) is 27.0. The van der Waals surface area contributed by atoms with Gasteiger partial charge in [0, 0.05) is 22.3 Å². The van der Waals surface area contributed by atoms with Gasteiger partial charge < -0.3 is 4.81 Å². The summed E-state index contributed by atoms with van der Waals surface area (Å²) in [6.45, 7) is -0.0253. The molecule has 0 N–H and O–H groups in total. The Morgan fingerprint density at radius 2 is 0.833 bits per heavy atom. The number of rotatable bonds is 3. The zero-order valence-electron chi connectivity index (χ0n) is 26.3. The highest BCUT2D eigenvalue weighted by atomic mass is 15.1. The first-order valence-corrected chi connectivity index (χ1v) is 16.7. The third kappa shape index (κ3) is 4.27. The van der Waals surface area contributed by atoms with E-state index < -0.39 is 0 Å². The van der Waals surface area contributed by atoms with E-state index in [2.05, 4.69) is 187 Å². The summed E-state index contributed by atoms with van der Waals surface area (Å²) in [6, 6.07) is 60.5. The maximum Gasteiger partial charge on any atom is 0.321 e. The van der Waals surface area contributed by atoms with Gasteiger partial charge in [0.1, 0.15) is 0 Å². The third-order valence-corrected chi connectivity index (χ3v) is 10.2. The van der Waals surface area contributed by atoms with Gasteiger partial charge in [-0.2, -0.15) is 0 Å². The van der Waals surface area contributed by atoms with Crippen LogP contribution >= 0.6 is 0 Å². The molecule has 2 heteroatoms. The summed E-state index contributed by atoms with van der Waals surface area (Å²) < 4.78 is 0. The molecule has 0 fully saturated rings. The number of nitrogens with zero attached hydrogens (tertiary/aromatic N) is 1. The zero-order valence-corrected chi connectivity index (χ0v) is 26.3. The van der Waals surface area contributed by atoms with Crippen molar-refractivity contribution in [3.05, 3.63) is 187 Å². The van der Waals surface area contributed by atoms with Crippen molar-refractivity contribution in [2.75, 3.05) is 4.81 Å². The number of hydrogen-bond donors (Lipinski definition) is 0. The van der Waals surface area contributed by atoms with E-state index >= 15 is 0 Å². The lowest BCUT2D eigenvalue weighted by atomic mass is 9.51. The molecule has 0 spiro atoms. The van der Waals surface area contributed by atoms with Crippen molar-refractivity contribution < 1.29 is 0 Å². The van der Waals surface area contributed by atoms with Crippen LogP contribution in [0.25, 0.3) is 70.3 Å². The number of fused-ring (bicyclic) bond motifs is 6. The quantitative estimate of drug-likeness (QED) is 0.143. The van der Waals surface area contributed by atoms with Crippen LogP contribution in [0.15, 0.2) is 182 Å². The lowest BCUT2D eigenvalue weighted by molar-refractivity contribution is 1.41. The zero-order chi connectivity index (χ0) is 31.6. The summed E-state index contributed by atoms with van der Waals surface area (Å²) in [5, 5.41) is 15.1. The highest BCUT2D eigenvalue weighted by Crippen LogP contribution is 2.40. The Kier molecular flexibility index (Phi) is 6.04. The van der Waals surface area contributed by atoms with E-state index in [4.69, 9.17) is 0 Å². The smallest absolute Gasteiger partial charge is 0.321 e. The van der Waals surface area contributed by atoms with Crippen molar-refractivity contribution >= 4 is 88.3 Å². The molecule has 1 aliphatic rings. The van der Waals surface area contributed by atoms with Crippen LogP contribution in [0, 0.1) is 0 Å². The average molecular weight is 608 g/mol. The van der Waals surface area contributed by atoms with Crippen LogP contribution in [0.2, 0.25) is 0 Å². The van der Waals surface area contributed by atoms with Crippen LogP contribution in [0.3, 0.4) is 0 Å². The molecule has 10 rings (SSSR count). The molecule has 0 saturated carbocycles. The summed E-state index contributed by atoms with van der Waals surface area (Å²) in [7, 11) is 0. The van der Waals surface area contributed by atoms with Gasteiger partial charge in [-0.1, -0.05) is 133 Å². The molecule has 0 saturated heterocycles. The summed E-state index contributed by atoms with van der Waals surface area (Å²) in [4.78, 5) is 2.59. The van der Waals surface area contributed by atoms with Crippen molar-refractivity contribution in [3.63, 3.8) is 0 Å². The van der Waals surface area contributed by atoms with Gasteiger partial charge in [0.15, 0.2) is 0 Å². The Balaban J connectivity index is 1.26. The standard InChI is InChI=1S/C46H30BN/c1-4-14-34-28-41-37(25-31(34)11-1)17-7-20-40(41)45-23-10-24-47(44-21-8-18-38-26-32-12-2-5-15-35(32)29-42(38)44)48(45)46-22-9-19-39-27-33-13-3-6-16-36(33)30-43(39)46/h1-30H. The molecule has 1 heterocycles. The molecular formula is C46H30BN. The topological polar surface area (TPSA) is 3.24 Å². The molecule has 0 atom stereocenters. The fourth-order valence-electron chi connectivity index (χ4n) is 7.91. The van der Waals surface area contributed by atoms with Crippen LogP contribution in [-0.4, -0.2) is 6.85 Å². The van der Waals surface area contributed by atoms with E-state index in [1.165, 1.54) is 87.0 Å². The second kappa shape index (κ2) is 10.7. The summed E-state index contributed by atoms with van der Waals surface area (Å²) in [5.74, 6) is 2.37. The second-order valence-electron chi connectivity index (χ2n) is 12.9. The molecule has 222 valence electrons. The van der Waals surface area contributed by atoms with Crippen molar-refractivity contribution in [1.82, 2.24) is 0 Å². The van der Waals surface area contributed by atoms with Crippen LogP contribution in [0.4, 0.5) is 5.69 Å². The summed E-state index contributed by atoms with van der Waals surface area (Å²) >= 11 is 0. The van der Waals surface area contributed by atoms with Gasteiger partial charge in [-0.05, 0) is 113 Å². The predicted octanol–water partition coefficient (Wildman–Crippen LogP) is 11.5. The molecule has 0 amide bonds. The summed E-state index contributed by atoms with van der Waals surface area (Å²) in [6.07, 6.45) is 4.57. The molecule has 1 aliphatic heterocycles. The van der Waals surface area contributed by atoms with Gasteiger partial charge in [0.2, 0.25) is 0 Å². The number of benzene rings is 9. The first-order chi connectivity index (χ1) is 23.8. The monoisotopic (exact) mass is 607 g/mol. The molecule has 9 aromatic carbocycles. The highest BCUT2D eigenvalue weighted by molar-refractivity contribution is 6.85. The number of allylic oxidation sites excluding steroid dienone is 2. The van der Waals surface area contributed by atoms with Gasteiger partial charge >= 0.3 is 6.85 Å². The minimum Gasteiger partial charge on any atom is -0.376 e. The van der Waals surface area contributed by atoms with Crippen LogP contribution in [0.1, 0.15) is 5.56 Å². The van der Waals surface area contributed by atoms with Crippen molar-refractivity contribution in [2.45, 2.75) is 0 Å². The summed E-state index contributed by atoms with van der Waals surface area (Å²) in [5.41, 5.74) is 4.93. The molecule has 0 aliphatic carbocycles. The minimum atomic E-state index is -0.0253. The van der Waals surface area contributed by atoms with Crippen molar-refractivity contribution in [1.29, 1.82) is 0 Å². The molecule has 0 aromatic heterocycles. The lowest BCUT2D eigenvalue weighted by Crippen LogP contribution is -2.48. The van der Waals surface area contributed by atoms with Gasteiger partial charge in [-0.15, -0.1) is 0 Å². The largest absolute Gasteiger partial charge is 0.376 e. The Morgan fingerprint density at radius 1 is 0.375 bits per heavy atom.